The van der Waals surface area contributed by atoms with Crippen LogP contribution in [0.3, 0.4) is 0 Å². The Balaban J connectivity index is 2.15. The largest absolute Gasteiger partial charge is 0.389 e. The molecule has 18 heavy (non-hydrogen) atoms. The first kappa shape index (κ1) is 13.7. The summed E-state index contributed by atoms with van der Waals surface area (Å²) in [5, 5.41) is 11.3. The average molecular weight is 300 g/mol. The number of halogens is 2. The molecule has 0 saturated carbocycles. The Hall–Kier alpha value is -0.740. The van der Waals surface area contributed by atoms with E-state index in [1.807, 2.05) is 18.2 Å². The van der Waals surface area contributed by atoms with Gasteiger partial charge in [0.15, 0.2) is 0 Å². The highest BCUT2D eigenvalue weighted by Crippen LogP contribution is 2.31. The fraction of sp³-hybridized carbons (Fsp3) is 0.154. The highest BCUT2D eigenvalue weighted by molar-refractivity contribution is 7.99. The van der Waals surface area contributed by atoms with Crippen LogP contribution in [0.15, 0.2) is 46.5 Å². The molecule has 0 aliphatic carbocycles. The van der Waals surface area contributed by atoms with Crippen LogP contribution in [-0.2, 0) is 0 Å². The molecule has 0 fully saturated rings. The summed E-state index contributed by atoms with van der Waals surface area (Å²) in [5.41, 5.74) is 0.800. The topological polar surface area (TPSA) is 33.1 Å². The molecule has 94 valence electrons. The summed E-state index contributed by atoms with van der Waals surface area (Å²) in [6, 6.07) is 9.19. The third-order valence-corrected chi connectivity index (χ3v) is 4.03. The maximum absolute atomic E-state index is 9.39. The van der Waals surface area contributed by atoms with Gasteiger partial charge in [-0.1, -0.05) is 41.0 Å². The molecule has 0 spiro atoms. The number of benzene rings is 1. The standard InChI is InChI=1S/C13H11Cl2NOS/c1-8(17)9-2-5-13(16-7-9)18-10-3-4-11(14)12(15)6-10/h2-8,17H,1H3. The molecule has 1 heterocycles. The molecule has 0 radical (unpaired) electrons. The van der Waals surface area contributed by atoms with Gasteiger partial charge in [-0.25, -0.2) is 4.98 Å². The molecule has 0 aliphatic rings. The quantitative estimate of drug-likeness (QED) is 0.899. The van der Waals surface area contributed by atoms with Crippen molar-refractivity contribution < 1.29 is 5.11 Å². The van der Waals surface area contributed by atoms with Crippen molar-refractivity contribution in [2.75, 3.05) is 0 Å². The van der Waals surface area contributed by atoms with Crippen molar-refractivity contribution in [1.82, 2.24) is 4.98 Å². The number of aliphatic hydroxyl groups excluding tert-OH is 1. The molecule has 0 saturated heterocycles. The van der Waals surface area contributed by atoms with Crippen LogP contribution in [0, 0.1) is 0 Å². The zero-order valence-corrected chi connectivity index (χ0v) is 11.9. The lowest BCUT2D eigenvalue weighted by molar-refractivity contribution is 0.198. The van der Waals surface area contributed by atoms with Gasteiger partial charge < -0.3 is 5.11 Å². The van der Waals surface area contributed by atoms with Crippen molar-refractivity contribution in [2.24, 2.45) is 0 Å². The molecule has 0 aliphatic heterocycles. The third kappa shape index (κ3) is 3.39. The lowest BCUT2D eigenvalue weighted by atomic mass is 10.2. The average Bonchev–Trinajstić information content (AvgIpc) is 2.34. The molecule has 1 unspecified atom stereocenters. The second kappa shape index (κ2) is 5.93. The van der Waals surface area contributed by atoms with Crippen LogP contribution in [0.25, 0.3) is 0 Å². The van der Waals surface area contributed by atoms with Crippen molar-refractivity contribution >= 4 is 35.0 Å². The number of aliphatic hydroxyl groups is 1. The van der Waals surface area contributed by atoms with Crippen LogP contribution < -0.4 is 0 Å². The molecule has 5 heteroatoms. The zero-order chi connectivity index (χ0) is 13.1. The predicted molar refractivity (Wildman–Crippen MR) is 75.5 cm³/mol. The minimum atomic E-state index is -0.499. The lowest BCUT2D eigenvalue weighted by Crippen LogP contribution is -1.92. The normalized spacial score (nSPS) is 12.4. The van der Waals surface area contributed by atoms with Crippen molar-refractivity contribution in [2.45, 2.75) is 22.9 Å². The van der Waals surface area contributed by atoms with Gasteiger partial charge in [0.1, 0.15) is 5.03 Å². The molecule has 1 aromatic carbocycles. The van der Waals surface area contributed by atoms with Crippen LogP contribution in [0.5, 0.6) is 0 Å². The maximum Gasteiger partial charge on any atom is 0.101 e. The number of nitrogens with zero attached hydrogens (tertiary/aromatic N) is 1. The molecule has 0 bridgehead atoms. The van der Waals surface area contributed by atoms with E-state index in [0.717, 1.165) is 15.5 Å². The summed E-state index contributed by atoms with van der Waals surface area (Å²) in [5.74, 6) is 0. The first-order valence-corrected chi connectivity index (χ1v) is 6.90. The Morgan fingerprint density at radius 2 is 1.94 bits per heavy atom. The highest BCUT2D eigenvalue weighted by Gasteiger charge is 2.04. The van der Waals surface area contributed by atoms with Gasteiger partial charge in [-0.3, -0.25) is 0 Å². The monoisotopic (exact) mass is 299 g/mol. The molecule has 2 rings (SSSR count). The first-order chi connectivity index (χ1) is 8.56. The van der Waals surface area contributed by atoms with Gasteiger partial charge in [0.2, 0.25) is 0 Å². The lowest BCUT2D eigenvalue weighted by Gasteiger charge is -2.06. The van der Waals surface area contributed by atoms with Crippen molar-refractivity contribution in [3.05, 3.63) is 52.1 Å². The molecule has 1 atom stereocenters. The number of pyridine rings is 1. The molecule has 2 aromatic rings. The van der Waals surface area contributed by atoms with E-state index in [9.17, 15) is 5.11 Å². The van der Waals surface area contributed by atoms with Crippen LogP contribution in [0.1, 0.15) is 18.6 Å². The molecule has 2 nitrogen and oxygen atoms in total. The molecule has 1 N–H and O–H groups in total. The Bertz CT molecular complexity index is 543. The second-order valence-electron chi connectivity index (χ2n) is 3.78. The SMILES string of the molecule is CC(O)c1ccc(Sc2ccc(Cl)c(Cl)c2)nc1. The van der Waals surface area contributed by atoms with Crippen molar-refractivity contribution in [3.8, 4) is 0 Å². The smallest absolute Gasteiger partial charge is 0.101 e. The van der Waals surface area contributed by atoms with Crippen molar-refractivity contribution in [3.63, 3.8) is 0 Å². The fourth-order valence-electron chi connectivity index (χ4n) is 1.36. The van der Waals surface area contributed by atoms with Gasteiger partial charge in [0.05, 0.1) is 16.1 Å². The van der Waals surface area contributed by atoms with E-state index in [1.54, 1.807) is 25.3 Å². The van der Waals surface area contributed by atoms with E-state index in [0.29, 0.717) is 10.0 Å². The maximum atomic E-state index is 9.39. The van der Waals surface area contributed by atoms with Gasteiger partial charge in [-0.15, -0.1) is 0 Å². The van der Waals surface area contributed by atoms with E-state index in [2.05, 4.69) is 4.98 Å². The summed E-state index contributed by atoms with van der Waals surface area (Å²) < 4.78 is 0. The Morgan fingerprint density at radius 3 is 2.50 bits per heavy atom. The highest BCUT2D eigenvalue weighted by atomic mass is 35.5. The minimum absolute atomic E-state index is 0.499. The second-order valence-corrected chi connectivity index (χ2v) is 5.69. The molecular weight excluding hydrogens is 289 g/mol. The van der Waals surface area contributed by atoms with E-state index < -0.39 is 6.10 Å². The van der Waals surface area contributed by atoms with E-state index in [4.69, 9.17) is 23.2 Å². The van der Waals surface area contributed by atoms with Crippen LogP contribution >= 0.6 is 35.0 Å². The van der Waals surface area contributed by atoms with Gasteiger partial charge in [0.25, 0.3) is 0 Å². The summed E-state index contributed by atoms with van der Waals surface area (Å²) in [4.78, 5) is 5.25. The molecule has 1 aromatic heterocycles. The van der Waals surface area contributed by atoms with Gasteiger partial charge in [0, 0.05) is 11.1 Å². The van der Waals surface area contributed by atoms with Crippen LogP contribution in [0.4, 0.5) is 0 Å². The summed E-state index contributed by atoms with van der Waals surface area (Å²) in [7, 11) is 0. The Morgan fingerprint density at radius 1 is 1.17 bits per heavy atom. The van der Waals surface area contributed by atoms with Crippen molar-refractivity contribution in [1.29, 1.82) is 0 Å². The number of hydrogen-bond acceptors (Lipinski definition) is 3. The molecule has 0 amide bonds. The first-order valence-electron chi connectivity index (χ1n) is 5.33. The van der Waals surface area contributed by atoms with Gasteiger partial charge >= 0.3 is 0 Å². The van der Waals surface area contributed by atoms with E-state index in [1.165, 1.54) is 11.8 Å². The van der Waals surface area contributed by atoms with Crippen LogP contribution in [0.2, 0.25) is 10.0 Å². The predicted octanol–water partition coefficient (Wildman–Crippen LogP) is 4.59. The third-order valence-electron chi connectivity index (χ3n) is 2.36. The van der Waals surface area contributed by atoms with E-state index >= 15 is 0 Å². The Kier molecular flexibility index (Phi) is 4.51. The minimum Gasteiger partial charge on any atom is -0.389 e. The molecular formula is C13H11Cl2NOS. The van der Waals surface area contributed by atoms with Gasteiger partial charge in [-0.2, -0.15) is 0 Å². The summed E-state index contributed by atoms with van der Waals surface area (Å²) >= 11 is 13.3. The summed E-state index contributed by atoms with van der Waals surface area (Å²) in [6.07, 6.45) is 1.17. The zero-order valence-electron chi connectivity index (χ0n) is 9.60. The van der Waals surface area contributed by atoms with Crippen LogP contribution in [-0.4, -0.2) is 10.1 Å². The van der Waals surface area contributed by atoms with E-state index in [-0.39, 0.29) is 0 Å². The summed E-state index contributed by atoms with van der Waals surface area (Å²) in [6.45, 7) is 1.71. The Labute approximate surface area is 120 Å². The number of aromatic nitrogens is 1. The van der Waals surface area contributed by atoms with Gasteiger partial charge in [-0.05, 0) is 36.8 Å². The number of rotatable bonds is 3. The number of hydrogen-bond donors (Lipinski definition) is 1. The fourth-order valence-corrected chi connectivity index (χ4v) is 2.52.